The number of hydrogen-bond donors (Lipinski definition) is 0. The molecule has 0 radical (unpaired) electrons. The second-order valence-electron chi connectivity index (χ2n) is 5.93. The Morgan fingerprint density at radius 3 is 2.40 bits per heavy atom. The molecule has 0 saturated carbocycles. The summed E-state index contributed by atoms with van der Waals surface area (Å²) in [5.41, 5.74) is 3.92. The number of aryl methyl sites for hydroxylation is 1. The number of furan rings is 2. The summed E-state index contributed by atoms with van der Waals surface area (Å²) >= 11 is 0. The molecule has 3 nitrogen and oxygen atoms in total. The molecule has 0 aliphatic rings. The maximum atomic E-state index is 11.9. The van der Waals surface area contributed by atoms with Crippen molar-refractivity contribution in [1.82, 2.24) is 0 Å². The summed E-state index contributed by atoms with van der Waals surface area (Å²) in [5.74, 6) is 2.36. The number of benzene rings is 2. The minimum atomic E-state index is -0.935. The zero-order valence-electron chi connectivity index (χ0n) is 14.1. The smallest absolute Gasteiger partial charge is 0.134 e. The highest BCUT2D eigenvalue weighted by Crippen LogP contribution is 2.34. The van der Waals surface area contributed by atoms with Gasteiger partial charge < -0.3 is 8.83 Å². The summed E-state index contributed by atoms with van der Waals surface area (Å²) in [6.45, 7) is 3.86. The van der Waals surface area contributed by atoms with Gasteiger partial charge in [0, 0.05) is 27.2 Å². The first-order chi connectivity index (χ1) is 12.2. The summed E-state index contributed by atoms with van der Waals surface area (Å²) in [6.07, 6.45) is 1.77. The van der Waals surface area contributed by atoms with Gasteiger partial charge in [0.15, 0.2) is 0 Å². The van der Waals surface area contributed by atoms with Crippen LogP contribution in [0.15, 0.2) is 74.6 Å². The van der Waals surface area contributed by atoms with Crippen molar-refractivity contribution in [2.45, 2.75) is 18.7 Å². The Bertz CT molecular complexity index is 1050. The number of fused-ring (bicyclic) bond motifs is 1. The molecular weight excluding hydrogens is 332 g/mol. The van der Waals surface area contributed by atoms with E-state index < -0.39 is 10.8 Å². The van der Waals surface area contributed by atoms with E-state index in [2.05, 4.69) is 6.07 Å². The highest BCUT2D eigenvalue weighted by molar-refractivity contribution is 7.85. The summed E-state index contributed by atoms with van der Waals surface area (Å²) in [6, 6.07) is 17.8. The van der Waals surface area contributed by atoms with Crippen LogP contribution in [0.1, 0.15) is 12.7 Å². The van der Waals surface area contributed by atoms with E-state index in [1.165, 1.54) is 0 Å². The Kier molecular flexibility index (Phi) is 4.06. The van der Waals surface area contributed by atoms with Crippen LogP contribution >= 0.6 is 0 Å². The van der Waals surface area contributed by atoms with Gasteiger partial charge in [0.25, 0.3) is 0 Å². The Hall–Kier alpha value is -2.59. The first-order valence-corrected chi connectivity index (χ1v) is 9.54. The van der Waals surface area contributed by atoms with Gasteiger partial charge in [-0.1, -0.05) is 19.1 Å². The molecule has 0 aliphatic carbocycles. The summed E-state index contributed by atoms with van der Waals surface area (Å²) in [5, 5.41) is 1.04. The molecule has 4 heteroatoms. The molecule has 4 rings (SSSR count). The second-order valence-corrected chi connectivity index (χ2v) is 7.67. The fourth-order valence-electron chi connectivity index (χ4n) is 2.95. The van der Waals surface area contributed by atoms with Crippen molar-refractivity contribution in [3.63, 3.8) is 0 Å². The molecule has 126 valence electrons. The van der Waals surface area contributed by atoms with Gasteiger partial charge in [0.05, 0.1) is 17.1 Å². The Morgan fingerprint density at radius 2 is 1.72 bits per heavy atom. The average molecular weight is 350 g/mol. The fraction of sp³-hybridized carbons (Fsp3) is 0.143. The summed E-state index contributed by atoms with van der Waals surface area (Å²) in [7, 11) is -0.935. The third-order valence-corrected chi connectivity index (χ3v) is 5.61. The fourth-order valence-corrected chi connectivity index (χ4v) is 3.72. The standard InChI is InChI=1S/C21H18O3S/c1-3-25(22)17-8-5-15(6-9-17)19-13-23-21-11-7-16(12-18(19)21)20-10-4-14(2)24-20/h4-13H,3H2,1-2H3/t25-/m1/s1. The van der Waals surface area contributed by atoms with Crippen molar-refractivity contribution in [3.8, 4) is 22.5 Å². The maximum Gasteiger partial charge on any atom is 0.134 e. The van der Waals surface area contributed by atoms with Crippen LogP contribution < -0.4 is 0 Å². The van der Waals surface area contributed by atoms with Crippen LogP contribution in [0.4, 0.5) is 0 Å². The molecular formula is C21H18O3S. The molecule has 0 amide bonds. The highest BCUT2D eigenvalue weighted by atomic mass is 32.2. The van der Waals surface area contributed by atoms with Crippen LogP contribution in [0.3, 0.4) is 0 Å². The van der Waals surface area contributed by atoms with E-state index in [-0.39, 0.29) is 0 Å². The second kappa shape index (κ2) is 6.37. The lowest BCUT2D eigenvalue weighted by molar-refractivity contribution is 0.548. The molecule has 0 unspecified atom stereocenters. The van der Waals surface area contributed by atoms with Gasteiger partial charge in [-0.25, -0.2) is 0 Å². The predicted octanol–water partition coefficient (Wildman–Crippen LogP) is 5.80. The van der Waals surface area contributed by atoms with Gasteiger partial charge in [0.1, 0.15) is 17.1 Å². The van der Waals surface area contributed by atoms with E-state index >= 15 is 0 Å². The van der Waals surface area contributed by atoms with Crippen LogP contribution in [0.5, 0.6) is 0 Å². The van der Waals surface area contributed by atoms with Crippen molar-refractivity contribution >= 4 is 21.8 Å². The normalized spacial score (nSPS) is 12.6. The monoisotopic (exact) mass is 350 g/mol. The van der Waals surface area contributed by atoms with Crippen molar-refractivity contribution in [2.75, 3.05) is 5.75 Å². The van der Waals surface area contributed by atoms with Crippen molar-refractivity contribution in [2.24, 2.45) is 0 Å². The van der Waals surface area contributed by atoms with Gasteiger partial charge >= 0.3 is 0 Å². The van der Waals surface area contributed by atoms with Gasteiger partial charge in [-0.2, -0.15) is 0 Å². The van der Waals surface area contributed by atoms with Crippen LogP contribution in [0.25, 0.3) is 33.4 Å². The molecule has 0 N–H and O–H groups in total. The minimum absolute atomic E-state index is 0.625. The van der Waals surface area contributed by atoms with Gasteiger partial charge in [0.2, 0.25) is 0 Å². The van der Waals surface area contributed by atoms with Gasteiger partial charge in [-0.05, 0) is 55.0 Å². The van der Waals surface area contributed by atoms with Gasteiger partial charge in [-0.15, -0.1) is 0 Å². The van der Waals surface area contributed by atoms with Crippen LogP contribution in [-0.2, 0) is 10.8 Å². The number of rotatable bonds is 4. The van der Waals surface area contributed by atoms with E-state index in [4.69, 9.17) is 8.83 Å². The van der Waals surface area contributed by atoms with E-state index in [9.17, 15) is 4.21 Å². The molecule has 25 heavy (non-hydrogen) atoms. The zero-order valence-corrected chi connectivity index (χ0v) is 14.9. The zero-order chi connectivity index (χ0) is 17.4. The van der Waals surface area contributed by atoms with E-state index in [1.807, 2.05) is 62.4 Å². The molecule has 2 aromatic heterocycles. The Labute approximate surface area is 148 Å². The Morgan fingerprint density at radius 1 is 0.960 bits per heavy atom. The first-order valence-electron chi connectivity index (χ1n) is 8.22. The summed E-state index contributed by atoms with van der Waals surface area (Å²) in [4.78, 5) is 0.853. The van der Waals surface area contributed by atoms with E-state index in [0.717, 1.165) is 44.1 Å². The largest absolute Gasteiger partial charge is 0.464 e. The Balaban J connectivity index is 1.78. The third kappa shape index (κ3) is 2.94. The van der Waals surface area contributed by atoms with Gasteiger partial charge in [-0.3, -0.25) is 4.21 Å². The average Bonchev–Trinajstić information content (AvgIpc) is 3.27. The molecule has 0 saturated heterocycles. The van der Waals surface area contributed by atoms with Crippen molar-refractivity contribution in [1.29, 1.82) is 0 Å². The highest BCUT2D eigenvalue weighted by Gasteiger charge is 2.12. The van der Waals surface area contributed by atoms with E-state index in [0.29, 0.717) is 5.75 Å². The molecule has 0 fully saturated rings. The van der Waals surface area contributed by atoms with Crippen LogP contribution in [0, 0.1) is 6.92 Å². The van der Waals surface area contributed by atoms with Crippen LogP contribution in [0.2, 0.25) is 0 Å². The molecule has 2 heterocycles. The molecule has 0 bridgehead atoms. The maximum absolute atomic E-state index is 11.9. The topological polar surface area (TPSA) is 43.4 Å². The quantitative estimate of drug-likeness (QED) is 0.467. The molecule has 4 aromatic rings. The number of hydrogen-bond acceptors (Lipinski definition) is 3. The lowest BCUT2D eigenvalue weighted by Gasteiger charge is -2.03. The minimum Gasteiger partial charge on any atom is -0.464 e. The molecule has 0 spiro atoms. The molecule has 2 aromatic carbocycles. The predicted molar refractivity (Wildman–Crippen MR) is 101 cm³/mol. The lowest BCUT2D eigenvalue weighted by Crippen LogP contribution is -1.93. The SMILES string of the molecule is CC[S@@](=O)c1ccc(-c2coc3ccc(-c4ccc(C)o4)cc23)cc1. The van der Waals surface area contributed by atoms with Crippen molar-refractivity contribution in [3.05, 3.63) is 66.6 Å². The summed E-state index contributed by atoms with van der Waals surface area (Å²) < 4.78 is 23.3. The van der Waals surface area contributed by atoms with E-state index in [1.54, 1.807) is 6.26 Å². The van der Waals surface area contributed by atoms with Crippen molar-refractivity contribution < 1.29 is 13.0 Å². The molecule has 0 aliphatic heterocycles. The lowest BCUT2D eigenvalue weighted by atomic mass is 10.0. The molecule has 1 atom stereocenters. The first kappa shape index (κ1) is 15.9. The third-order valence-electron chi connectivity index (χ3n) is 4.29. The van der Waals surface area contributed by atoms with Crippen LogP contribution in [-0.4, -0.2) is 9.96 Å².